The Morgan fingerprint density at radius 2 is 2.27 bits per heavy atom. The van der Waals surface area contributed by atoms with E-state index in [0.29, 0.717) is 5.88 Å². The molecule has 5 nitrogen and oxygen atoms in total. The monoisotopic (exact) mass is 319 g/mol. The molecule has 1 aliphatic heterocycles. The Morgan fingerprint density at radius 3 is 2.77 bits per heavy atom. The molecule has 2 rings (SSSR count). The van der Waals surface area contributed by atoms with E-state index in [2.05, 4.69) is 21.1 Å². The Balaban J connectivity index is 0.000000541. The van der Waals surface area contributed by atoms with Crippen molar-refractivity contribution in [2.24, 2.45) is 10.7 Å². The fourth-order valence-corrected chi connectivity index (χ4v) is 2.07. The number of nitrogens with zero attached hydrogens (tertiary/aromatic N) is 2. The third kappa shape index (κ3) is 6.55. The van der Waals surface area contributed by atoms with Gasteiger partial charge < -0.3 is 15.2 Å². The number of thioether (sulfide) groups is 1. The lowest BCUT2D eigenvalue weighted by Gasteiger charge is -2.25. The highest BCUT2D eigenvalue weighted by molar-refractivity contribution is 8.00. The molecule has 0 aliphatic carbocycles. The van der Waals surface area contributed by atoms with E-state index in [0.717, 1.165) is 28.6 Å². The summed E-state index contributed by atoms with van der Waals surface area (Å²) in [6.45, 7) is 3.87. The van der Waals surface area contributed by atoms with E-state index in [1.807, 2.05) is 43.8 Å². The average molecular weight is 319 g/mol. The number of rotatable bonds is 4. The van der Waals surface area contributed by atoms with Crippen LogP contribution in [0.1, 0.15) is 12.5 Å². The molecule has 6 heteroatoms. The number of aryl methyl sites for hydroxylation is 1. The molecule has 1 aromatic heterocycles. The van der Waals surface area contributed by atoms with Gasteiger partial charge in [0.05, 0.1) is 7.11 Å². The molecule has 22 heavy (non-hydrogen) atoms. The van der Waals surface area contributed by atoms with Crippen molar-refractivity contribution in [2.45, 2.75) is 20.0 Å². The summed E-state index contributed by atoms with van der Waals surface area (Å²) in [7, 11) is 1.44. The van der Waals surface area contributed by atoms with Crippen molar-refractivity contribution in [3.8, 4) is 12.5 Å². The summed E-state index contributed by atoms with van der Waals surface area (Å²) < 4.78 is 9.61. The predicted molar refractivity (Wildman–Crippen MR) is 92.1 cm³/mol. The zero-order valence-electron chi connectivity index (χ0n) is 13.1. The van der Waals surface area contributed by atoms with Gasteiger partial charge in [-0.1, -0.05) is 12.5 Å². The normalized spacial score (nSPS) is 15.0. The third-order valence-electron chi connectivity index (χ3n) is 2.64. The summed E-state index contributed by atoms with van der Waals surface area (Å²) in [6, 6.07) is 3.87. The predicted octanol–water partition coefficient (Wildman–Crippen LogP) is 2.64. The Bertz CT molecular complexity index is 575. The maximum atomic E-state index is 5.81. The maximum absolute atomic E-state index is 5.81. The van der Waals surface area contributed by atoms with Crippen molar-refractivity contribution in [2.75, 3.05) is 18.6 Å². The Kier molecular flexibility index (Phi) is 7.94. The molecule has 0 saturated carbocycles. The lowest BCUT2D eigenvalue weighted by atomic mass is 10.3. The Labute approximate surface area is 136 Å². The van der Waals surface area contributed by atoms with Crippen LogP contribution in [0.25, 0.3) is 0 Å². The van der Waals surface area contributed by atoms with Crippen molar-refractivity contribution in [1.29, 1.82) is 0 Å². The smallest absolute Gasteiger partial charge is 0.186 e. The highest BCUT2D eigenvalue weighted by Gasteiger charge is 2.19. The molecule has 0 aromatic carbocycles. The van der Waals surface area contributed by atoms with Gasteiger partial charge in [-0.05, 0) is 25.5 Å². The summed E-state index contributed by atoms with van der Waals surface area (Å²) in [5.41, 5.74) is 7.64. The highest BCUT2D eigenvalue weighted by Crippen LogP contribution is 2.22. The second-order valence-electron chi connectivity index (χ2n) is 4.54. The zero-order chi connectivity index (χ0) is 16.4. The molecule has 1 fully saturated rings. The molecular weight excluding hydrogens is 298 g/mol. The Morgan fingerprint density at radius 1 is 1.59 bits per heavy atom. The molecule has 0 amide bonds. The van der Waals surface area contributed by atoms with Crippen molar-refractivity contribution in [1.82, 2.24) is 4.98 Å². The number of pyridine rings is 1. The van der Waals surface area contributed by atoms with E-state index >= 15 is 0 Å². The highest BCUT2D eigenvalue weighted by atomic mass is 32.2. The third-order valence-corrected chi connectivity index (χ3v) is 3.86. The molecule has 0 unspecified atom stereocenters. The molecule has 2 heterocycles. The van der Waals surface area contributed by atoms with Gasteiger partial charge in [0, 0.05) is 29.5 Å². The number of aromatic nitrogens is 1. The largest absolute Gasteiger partial charge is 0.474 e. The van der Waals surface area contributed by atoms with Gasteiger partial charge in [0.15, 0.2) is 11.7 Å². The minimum absolute atomic E-state index is 0.260. The molecular formula is C16H21N3O2S. The number of ether oxygens (including phenoxy) is 2. The van der Waals surface area contributed by atoms with Crippen molar-refractivity contribution >= 4 is 23.3 Å². The minimum Gasteiger partial charge on any atom is -0.474 e. The molecule has 118 valence electrons. The number of nitrogens with two attached hydrogens (primary N) is 1. The van der Waals surface area contributed by atoms with Crippen LogP contribution in [-0.4, -0.2) is 35.4 Å². The first-order chi connectivity index (χ1) is 10.6. The van der Waals surface area contributed by atoms with Crippen molar-refractivity contribution < 1.29 is 9.47 Å². The fraction of sp³-hybridized carbons (Fsp3) is 0.375. The van der Waals surface area contributed by atoms with Gasteiger partial charge in [-0.25, -0.2) is 9.98 Å². The molecule has 0 spiro atoms. The van der Waals surface area contributed by atoms with E-state index in [9.17, 15) is 0 Å². The molecule has 1 aromatic rings. The first kappa shape index (κ1) is 17.9. The van der Waals surface area contributed by atoms with Crippen LogP contribution in [-0.2, 0) is 9.47 Å². The second kappa shape index (κ2) is 9.74. The summed E-state index contributed by atoms with van der Waals surface area (Å²) in [6.07, 6.45) is 10.2. The van der Waals surface area contributed by atoms with Crippen molar-refractivity contribution in [3.05, 3.63) is 35.9 Å². The van der Waals surface area contributed by atoms with Crippen LogP contribution >= 0.6 is 11.8 Å². The van der Waals surface area contributed by atoms with E-state index in [-0.39, 0.29) is 6.10 Å². The van der Waals surface area contributed by atoms with Gasteiger partial charge in [-0.15, -0.1) is 0 Å². The number of methoxy groups -OCH3 is 1. The van der Waals surface area contributed by atoms with Gasteiger partial charge in [-0.3, -0.25) is 0 Å². The summed E-state index contributed by atoms with van der Waals surface area (Å²) in [5.74, 6) is 3.18. The van der Waals surface area contributed by atoms with E-state index < -0.39 is 0 Å². The maximum Gasteiger partial charge on any atom is 0.186 e. The van der Waals surface area contributed by atoms with Gasteiger partial charge in [0.2, 0.25) is 0 Å². The molecule has 0 atom stereocenters. The number of allylic oxidation sites excluding steroid dienone is 1. The van der Waals surface area contributed by atoms with Gasteiger partial charge >= 0.3 is 0 Å². The number of aliphatic imine (C=N–C) groups is 1. The quantitative estimate of drug-likeness (QED) is 0.525. The molecule has 0 bridgehead atoms. The topological polar surface area (TPSA) is 69.7 Å². The number of hydrogen-bond donors (Lipinski definition) is 1. The zero-order valence-corrected chi connectivity index (χ0v) is 13.9. The first-order valence-electron chi connectivity index (χ1n) is 6.74. The lowest BCUT2D eigenvalue weighted by molar-refractivity contribution is 0.144. The minimum atomic E-state index is 0.260. The van der Waals surface area contributed by atoms with Crippen LogP contribution < -0.4 is 5.73 Å². The SMILES string of the molecule is C#COC.CC(/C=C(\N)OC1CSC1)=N\c1ncccc1C. The fourth-order valence-electron chi connectivity index (χ4n) is 1.51. The summed E-state index contributed by atoms with van der Waals surface area (Å²) in [5, 5.41) is 0. The molecule has 0 radical (unpaired) electrons. The van der Waals surface area contributed by atoms with Crippen LogP contribution in [0.15, 0.2) is 35.3 Å². The van der Waals surface area contributed by atoms with Gasteiger partial charge in [0.25, 0.3) is 0 Å². The number of terminal acetylenes is 1. The van der Waals surface area contributed by atoms with Crippen LogP contribution in [0, 0.1) is 19.5 Å². The first-order valence-corrected chi connectivity index (χ1v) is 7.89. The van der Waals surface area contributed by atoms with Gasteiger partial charge in [-0.2, -0.15) is 11.8 Å². The van der Waals surface area contributed by atoms with E-state index in [1.54, 1.807) is 12.3 Å². The van der Waals surface area contributed by atoms with E-state index in [4.69, 9.17) is 10.5 Å². The second-order valence-corrected chi connectivity index (χ2v) is 5.62. The van der Waals surface area contributed by atoms with Crippen LogP contribution in [0.3, 0.4) is 0 Å². The number of hydrogen-bond acceptors (Lipinski definition) is 6. The summed E-state index contributed by atoms with van der Waals surface area (Å²) in [4.78, 5) is 8.63. The van der Waals surface area contributed by atoms with Crippen molar-refractivity contribution in [3.63, 3.8) is 0 Å². The average Bonchev–Trinajstić information content (AvgIpc) is 2.45. The van der Waals surface area contributed by atoms with Gasteiger partial charge in [0.1, 0.15) is 12.2 Å². The summed E-state index contributed by atoms with van der Waals surface area (Å²) >= 11 is 1.86. The Hall–Kier alpha value is -2.13. The van der Waals surface area contributed by atoms with E-state index in [1.165, 1.54) is 7.11 Å². The van der Waals surface area contributed by atoms with Crippen LogP contribution in [0.5, 0.6) is 0 Å². The molecule has 2 N–H and O–H groups in total. The van der Waals surface area contributed by atoms with Crippen LogP contribution in [0.2, 0.25) is 0 Å². The van der Waals surface area contributed by atoms with Crippen LogP contribution in [0.4, 0.5) is 5.82 Å². The molecule has 1 aliphatic rings. The standard InChI is InChI=1S/C13H17N3OS.C3H4O/c1-9-4-3-5-15-13(9)16-10(2)6-12(14)17-11-7-18-8-11;1-3-4-2/h3-6,11H,7-8,14H2,1-2H3;1H,2H3/b12-6+,16-10+;. The molecule has 1 saturated heterocycles. The lowest BCUT2D eigenvalue weighted by Crippen LogP contribution is -2.29.